The second kappa shape index (κ2) is 10.6. The molecule has 1 aromatic heterocycles. The van der Waals surface area contributed by atoms with Crippen LogP contribution in [0.4, 0.5) is 5.13 Å². The van der Waals surface area contributed by atoms with E-state index >= 15 is 0 Å². The number of nitrogens with one attached hydrogen (secondary N) is 1. The summed E-state index contributed by atoms with van der Waals surface area (Å²) in [6.45, 7) is 9.37. The summed E-state index contributed by atoms with van der Waals surface area (Å²) in [4.78, 5) is 37.3. The van der Waals surface area contributed by atoms with Gasteiger partial charge in [-0.15, -0.1) is 10.2 Å². The third-order valence-corrected chi connectivity index (χ3v) is 6.31. The van der Waals surface area contributed by atoms with E-state index in [1.54, 1.807) is 4.90 Å². The van der Waals surface area contributed by atoms with Crippen LogP contribution in [0, 0.1) is 5.92 Å². The van der Waals surface area contributed by atoms with Crippen molar-refractivity contribution in [2.45, 2.75) is 58.4 Å². The number of carbonyl (C=O) groups excluding carboxylic acids is 2. The molecular formula is C19H31N5O4S. The summed E-state index contributed by atoms with van der Waals surface area (Å²) in [5.74, 6) is -0.384. The highest BCUT2D eigenvalue weighted by atomic mass is 32.1. The van der Waals surface area contributed by atoms with Gasteiger partial charge < -0.3 is 10.4 Å². The van der Waals surface area contributed by atoms with E-state index in [0.29, 0.717) is 18.2 Å². The number of hydrogen-bond acceptors (Lipinski definition) is 7. The number of likely N-dealkylation sites (tertiary alicyclic amines) is 1. The molecule has 0 aliphatic carbocycles. The molecule has 10 heteroatoms. The van der Waals surface area contributed by atoms with E-state index in [2.05, 4.69) is 41.2 Å². The zero-order valence-electron chi connectivity index (χ0n) is 17.4. The van der Waals surface area contributed by atoms with Crippen LogP contribution in [-0.4, -0.2) is 70.2 Å². The molecule has 0 bridgehead atoms. The van der Waals surface area contributed by atoms with Crippen molar-refractivity contribution >= 4 is 34.8 Å². The Morgan fingerprint density at radius 1 is 1.34 bits per heavy atom. The number of hydrogen-bond donors (Lipinski definition) is 2. The predicted octanol–water partition coefficient (Wildman–Crippen LogP) is 1.53. The summed E-state index contributed by atoms with van der Waals surface area (Å²) < 4.78 is 0. The fourth-order valence-corrected chi connectivity index (χ4v) is 4.59. The zero-order chi connectivity index (χ0) is 21.4. The average Bonchev–Trinajstić information content (AvgIpc) is 3.41. The second-order valence-corrected chi connectivity index (χ2v) is 9.00. The molecule has 1 atom stereocenters. The van der Waals surface area contributed by atoms with Crippen molar-refractivity contribution in [3.05, 3.63) is 5.01 Å². The predicted molar refractivity (Wildman–Crippen MR) is 111 cm³/mol. The highest BCUT2D eigenvalue weighted by Gasteiger charge is 2.37. The molecule has 0 radical (unpaired) electrons. The lowest BCUT2D eigenvalue weighted by atomic mass is 10.0. The second-order valence-electron chi connectivity index (χ2n) is 7.96. The normalized spacial score (nSPS) is 19.8. The summed E-state index contributed by atoms with van der Waals surface area (Å²) in [6, 6.07) is 0. The number of amides is 2. The number of rotatable bonds is 7. The monoisotopic (exact) mass is 425 g/mol. The third kappa shape index (κ3) is 6.20. The number of carboxylic acid groups (broad SMARTS) is 1. The molecule has 162 valence electrons. The van der Waals surface area contributed by atoms with Gasteiger partial charge in [-0.1, -0.05) is 18.3 Å². The van der Waals surface area contributed by atoms with Crippen molar-refractivity contribution in [2.24, 2.45) is 5.92 Å². The number of aryl methyl sites for hydroxylation is 1. The van der Waals surface area contributed by atoms with Gasteiger partial charge in [0.25, 0.3) is 6.47 Å². The highest BCUT2D eigenvalue weighted by Crippen LogP contribution is 2.28. The Kier molecular flexibility index (Phi) is 8.51. The summed E-state index contributed by atoms with van der Waals surface area (Å²) in [5.41, 5.74) is -0.0528. The molecule has 1 aromatic rings. The summed E-state index contributed by atoms with van der Waals surface area (Å²) in [5, 5.41) is 19.8. The summed E-state index contributed by atoms with van der Waals surface area (Å²) in [7, 11) is 0. The quantitative estimate of drug-likeness (QED) is 0.637. The number of aromatic nitrogens is 2. The lowest BCUT2D eigenvalue weighted by molar-refractivity contribution is -0.126. The lowest BCUT2D eigenvalue weighted by Gasteiger charge is -2.35. The first kappa shape index (κ1) is 23.2. The van der Waals surface area contributed by atoms with Crippen LogP contribution in [-0.2, 0) is 20.8 Å². The SMILES string of the molecule is CCCc1nnc(N2CC(C(=O)NCC(C)(C)N3CCCC3)CC2=O)s1.O=CO. The van der Waals surface area contributed by atoms with Crippen LogP contribution in [0.15, 0.2) is 0 Å². The molecule has 9 nitrogen and oxygen atoms in total. The van der Waals surface area contributed by atoms with Crippen LogP contribution in [0.5, 0.6) is 0 Å². The molecule has 2 saturated heterocycles. The van der Waals surface area contributed by atoms with Gasteiger partial charge in [0.05, 0.1) is 5.92 Å². The van der Waals surface area contributed by atoms with E-state index in [9.17, 15) is 9.59 Å². The Bertz CT molecular complexity index is 703. The number of carbonyl (C=O) groups is 3. The van der Waals surface area contributed by atoms with Crippen molar-refractivity contribution < 1.29 is 19.5 Å². The van der Waals surface area contributed by atoms with Gasteiger partial charge in [-0.3, -0.25) is 24.2 Å². The van der Waals surface area contributed by atoms with Crippen molar-refractivity contribution in [1.29, 1.82) is 0 Å². The molecule has 29 heavy (non-hydrogen) atoms. The van der Waals surface area contributed by atoms with Crippen molar-refractivity contribution in [2.75, 3.05) is 31.1 Å². The van der Waals surface area contributed by atoms with Crippen LogP contribution < -0.4 is 10.2 Å². The molecule has 2 N–H and O–H groups in total. The third-order valence-electron chi connectivity index (χ3n) is 5.30. The van der Waals surface area contributed by atoms with E-state index in [1.807, 2.05) is 0 Å². The summed E-state index contributed by atoms with van der Waals surface area (Å²) >= 11 is 1.45. The van der Waals surface area contributed by atoms with Crippen LogP contribution >= 0.6 is 11.3 Å². The van der Waals surface area contributed by atoms with Gasteiger partial charge in [-0.25, -0.2) is 0 Å². The van der Waals surface area contributed by atoms with Crippen LogP contribution in [0.2, 0.25) is 0 Å². The van der Waals surface area contributed by atoms with Gasteiger partial charge in [0.2, 0.25) is 16.9 Å². The minimum absolute atomic E-state index is 0.0357. The van der Waals surface area contributed by atoms with Gasteiger partial charge in [-0.2, -0.15) is 0 Å². The largest absolute Gasteiger partial charge is 0.483 e. The molecule has 3 heterocycles. The first-order valence-electron chi connectivity index (χ1n) is 10.1. The lowest BCUT2D eigenvalue weighted by Crippen LogP contribution is -2.51. The Morgan fingerprint density at radius 3 is 2.62 bits per heavy atom. The van der Waals surface area contributed by atoms with Crippen molar-refractivity contribution in [3.8, 4) is 0 Å². The molecule has 2 fully saturated rings. The molecule has 0 saturated carbocycles. The molecule has 2 aliphatic rings. The maximum absolute atomic E-state index is 12.6. The van der Waals surface area contributed by atoms with E-state index < -0.39 is 0 Å². The molecule has 2 aliphatic heterocycles. The first-order chi connectivity index (χ1) is 13.8. The molecule has 1 unspecified atom stereocenters. The van der Waals surface area contributed by atoms with Gasteiger partial charge in [0.15, 0.2) is 0 Å². The minimum Gasteiger partial charge on any atom is -0.483 e. The molecule has 2 amide bonds. The van der Waals surface area contributed by atoms with Gasteiger partial charge >= 0.3 is 0 Å². The van der Waals surface area contributed by atoms with Crippen LogP contribution in [0.25, 0.3) is 0 Å². The minimum atomic E-state index is -0.310. The van der Waals surface area contributed by atoms with E-state index in [1.165, 1.54) is 24.2 Å². The maximum atomic E-state index is 12.6. The Morgan fingerprint density at radius 2 is 2.00 bits per heavy atom. The Balaban J connectivity index is 0.000000941. The summed E-state index contributed by atoms with van der Waals surface area (Å²) in [6.07, 6.45) is 4.57. The number of anilines is 1. The fraction of sp³-hybridized carbons (Fsp3) is 0.737. The Hall–Kier alpha value is -2.07. The van der Waals surface area contributed by atoms with E-state index in [4.69, 9.17) is 9.90 Å². The molecular weight excluding hydrogens is 394 g/mol. The van der Waals surface area contributed by atoms with Gasteiger partial charge in [0, 0.05) is 31.5 Å². The maximum Gasteiger partial charge on any atom is 0.290 e. The zero-order valence-corrected chi connectivity index (χ0v) is 18.2. The molecule has 0 aromatic carbocycles. The van der Waals surface area contributed by atoms with Crippen molar-refractivity contribution in [1.82, 2.24) is 20.4 Å². The smallest absolute Gasteiger partial charge is 0.290 e. The van der Waals surface area contributed by atoms with Crippen LogP contribution in [0.3, 0.4) is 0 Å². The fourth-order valence-electron chi connectivity index (χ4n) is 3.62. The Labute approximate surface area is 175 Å². The average molecular weight is 426 g/mol. The van der Waals surface area contributed by atoms with Crippen LogP contribution in [0.1, 0.15) is 51.5 Å². The number of nitrogens with zero attached hydrogens (tertiary/aromatic N) is 4. The molecule has 3 rings (SSSR count). The highest BCUT2D eigenvalue weighted by molar-refractivity contribution is 7.15. The van der Waals surface area contributed by atoms with Crippen molar-refractivity contribution in [3.63, 3.8) is 0 Å². The van der Waals surface area contributed by atoms with E-state index in [0.717, 1.165) is 30.9 Å². The molecule has 0 spiro atoms. The standard InChI is InChI=1S/C18H29N5O2S.CH2O2/c1-4-7-14-20-21-17(26-14)23-11-13(10-15(23)24)16(25)19-12-18(2,3)22-8-5-6-9-22;2-1-3/h13H,4-12H2,1-3H3,(H,19,25);1H,(H,2,3). The topological polar surface area (TPSA) is 116 Å². The van der Waals surface area contributed by atoms with Gasteiger partial charge in [0.1, 0.15) is 5.01 Å². The van der Waals surface area contributed by atoms with E-state index in [-0.39, 0.29) is 36.2 Å². The van der Waals surface area contributed by atoms with Gasteiger partial charge in [-0.05, 0) is 46.2 Å². The first-order valence-corrected chi connectivity index (χ1v) is 10.9.